The molecule has 0 atom stereocenters. The van der Waals surface area contributed by atoms with Crippen LogP contribution in [0.25, 0.3) is 0 Å². The molecule has 122 valence electrons. The highest BCUT2D eigenvalue weighted by molar-refractivity contribution is 5.93. The molecule has 0 aliphatic carbocycles. The second-order valence-corrected chi connectivity index (χ2v) is 5.61. The Kier molecular flexibility index (Phi) is 5.97. The first-order valence-corrected chi connectivity index (χ1v) is 7.55. The van der Waals surface area contributed by atoms with Gasteiger partial charge in [-0.2, -0.15) is 0 Å². The molecule has 0 radical (unpaired) electrons. The summed E-state index contributed by atoms with van der Waals surface area (Å²) in [5.74, 6) is 0.421. The van der Waals surface area contributed by atoms with Crippen molar-refractivity contribution in [3.63, 3.8) is 0 Å². The maximum atomic E-state index is 13.5. The van der Waals surface area contributed by atoms with Crippen molar-refractivity contribution < 1.29 is 13.9 Å². The Labute approximate surface area is 135 Å². The zero-order chi connectivity index (χ0) is 16.7. The number of para-hydroxylation sites is 1. The van der Waals surface area contributed by atoms with E-state index in [0.717, 1.165) is 11.4 Å². The number of carbonyl (C=O) groups is 1. The first kappa shape index (κ1) is 16.8. The van der Waals surface area contributed by atoms with Gasteiger partial charge in [0, 0.05) is 11.8 Å². The van der Waals surface area contributed by atoms with Gasteiger partial charge in [0.05, 0.1) is 18.8 Å². The first-order valence-electron chi connectivity index (χ1n) is 7.55. The minimum Gasteiger partial charge on any atom is -0.493 e. The number of nitrogens with one attached hydrogen (secondary N) is 2. The maximum absolute atomic E-state index is 13.5. The molecule has 2 rings (SSSR count). The normalized spacial score (nSPS) is 10.4. The number of hydrogen-bond acceptors (Lipinski definition) is 3. The van der Waals surface area contributed by atoms with Gasteiger partial charge in [-0.25, -0.2) is 4.39 Å². The second kappa shape index (κ2) is 8.17. The molecule has 5 heteroatoms. The van der Waals surface area contributed by atoms with Gasteiger partial charge in [-0.1, -0.05) is 32.0 Å². The first-order chi connectivity index (χ1) is 11.0. The average molecular weight is 316 g/mol. The van der Waals surface area contributed by atoms with Gasteiger partial charge in [-0.3, -0.25) is 4.79 Å². The van der Waals surface area contributed by atoms with Crippen LogP contribution < -0.4 is 15.4 Å². The lowest BCUT2D eigenvalue weighted by atomic mass is 10.2. The number of ether oxygens (including phenoxy) is 1. The lowest BCUT2D eigenvalue weighted by Gasteiger charge is -2.11. The Morgan fingerprint density at radius 1 is 1.17 bits per heavy atom. The molecule has 0 unspecified atom stereocenters. The van der Waals surface area contributed by atoms with E-state index in [2.05, 4.69) is 24.5 Å². The van der Waals surface area contributed by atoms with Gasteiger partial charge in [0.15, 0.2) is 0 Å². The quantitative estimate of drug-likeness (QED) is 0.814. The van der Waals surface area contributed by atoms with E-state index < -0.39 is 5.82 Å². The van der Waals surface area contributed by atoms with Gasteiger partial charge in [-0.15, -0.1) is 0 Å². The van der Waals surface area contributed by atoms with E-state index in [0.29, 0.717) is 12.5 Å². The van der Waals surface area contributed by atoms with Crippen molar-refractivity contribution in [2.24, 2.45) is 5.92 Å². The molecule has 2 aromatic carbocycles. The van der Waals surface area contributed by atoms with E-state index in [1.54, 1.807) is 12.1 Å². The van der Waals surface area contributed by atoms with Gasteiger partial charge in [0.1, 0.15) is 11.6 Å². The standard InChI is InChI=1S/C18H21FN2O2/c1-13(2)12-23-15-7-5-6-14(10-15)20-11-18(22)21-17-9-4-3-8-16(17)19/h3-10,13,20H,11-12H2,1-2H3,(H,21,22). The predicted molar refractivity (Wildman–Crippen MR) is 90.3 cm³/mol. The molecular formula is C18H21FN2O2. The molecule has 23 heavy (non-hydrogen) atoms. The van der Waals surface area contributed by atoms with Gasteiger partial charge in [-0.05, 0) is 30.2 Å². The maximum Gasteiger partial charge on any atom is 0.243 e. The minimum atomic E-state index is -0.454. The highest BCUT2D eigenvalue weighted by Crippen LogP contribution is 2.18. The summed E-state index contributed by atoms with van der Waals surface area (Å²) in [4.78, 5) is 11.9. The van der Waals surface area contributed by atoms with E-state index in [1.165, 1.54) is 12.1 Å². The van der Waals surface area contributed by atoms with Crippen molar-refractivity contribution in [2.45, 2.75) is 13.8 Å². The van der Waals surface area contributed by atoms with Crippen LogP contribution in [-0.2, 0) is 4.79 Å². The topological polar surface area (TPSA) is 50.4 Å². The summed E-state index contributed by atoms with van der Waals surface area (Å²) >= 11 is 0. The summed E-state index contributed by atoms with van der Waals surface area (Å²) in [7, 11) is 0. The predicted octanol–water partition coefficient (Wildman–Crippen LogP) is 3.91. The third-order valence-electron chi connectivity index (χ3n) is 3.02. The number of hydrogen-bond donors (Lipinski definition) is 2. The molecule has 0 saturated heterocycles. The molecule has 0 fully saturated rings. The van der Waals surface area contributed by atoms with Gasteiger partial charge >= 0.3 is 0 Å². The molecule has 0 bridgehead atoms. The molecule has 0 spiro atoms. The zero-order valence-electron chi connectivity index (χ0n) is 13.3. The van der Waals surface area contributed by atoms with Gasteiger partial charge < -0.3 is 15.4 Å². The number of halogens is 1. The highest BCUT2D eigenvalue weighted by atomic mass is 19.1. The largest absolute Gasteiger partial charge is 0.493 e. The Morgan fingerprint density at radius 3 is 2.70 bits per heavy atom. The average Bonchev–Trinajstić information content (AvgIpc) is 2.54. The fourth-order valence-corrected chi connectivity index (χ4v) is 1.90. The SMILES string of the molecule is CC(C)COc1cccc(NCC(=O)Nc2ccccc2F)c1. The second-order valence-electron chi connectivity index (χ2n) is 5.61. The fourth-order valence-electron chi connectivity index (χ4n) is 1.90. The van der Waals surface area contributed by atoms with Crippen molar-refractivity contribution in [1.82, 2.24) is 0 Å². The van der Waals surface area contributed by atoms with E-state index in [-0.39, 0.29) is 18.1 Å². The Bertz CT molecular complexity index is 659. The van der Waals surface area contributed by atoms with E-state index >= 15 is 0 Å². The summed E-state index contributed by atoms with van der Waals surface area (Å²) in [5, 5.41) is 5.53. The van der Waals surface area contributed by atoms with Crippen LogP contribution in [0.3, 0.4) is 0 Å². The lowest BCUT2D eigenvalue weighted by Crippen LogP contribution is -2.22. The summed E-state index contributed by atoms with van der Waals surface area (Å²) in [6.45, 7) is 4.84. The number of anilines is 2. The fraction of sp³-hybridized carbons (Fsp3) is 0.278. The van der Waals surface area contributed by atoms with Crippen molar-refractivity contribution in [3.05, 3.63) is 54.3 Å². The van der Waals surface area contributed by atoms with Crippen LogP contribution in [0.1, 0.15) is 13.8 Å². The summed E-state index contributed by atoms with van der Waals surface area (Å²) in [6, 6.07) is 13.5. The smallest absolute Gasteiger partial charge is 0.243 e. The molecule has 2 aromatic rings. The van der Waals surface area contributed by atoms with Crippen LogP contribution in [0, 0.1) is 11.7 Å². The Balaban J connectivity index is 1.86. The van der Waals surface area contributed by atoms with Gasteiger partial charge in [0.2, 0.25) is 5.91 Å². The summed E-state index contributed by atoms with van der Waals surface area (Å²) in [5.41, 5.74) is 0.947. The van der Waals surface area contributed by atoms with Crippen molar-refractivity contribution >= 4 is 17.3 Å². The molecule has 0 saturated carbocycles. The summed E-state index contributed by atoms with van der Waals surface area (Å²) < 4.78 is 19.1. The zero-order valence-corrected chi connectivity index (χ0v) is 13.3. The molecule has 0 heterocycles. The van der Waals surface area contributed by atoms with E-state index in [9.17, 15) is 9.18 Å². The van der Waals surface area contributed by atoms with Crippen LogP contribution >= 0.6 is 0 Å². The van der Waals surface area contributed by atoms with Crippen molar-refractivity contribution in [1.29, 1.82) is 0 Å². The Morgan fingerprint density at radius 2 is 1.96 bits per heavy atom. The van der Waals surface area contributed by atoms with Gasteiger partial charge in [0.25, 0.3) is 0 Å². The van der Waals surface area contributed by atoms with Crippen molar-refractivity contribution in [2.75, 3.05) is 23.8 Å². The number of benzene rings is 2. The third kappa shape index (κ3) is 5.62. The number of rotatable bonds is 7. The molecule has 2 N–H and O–H groups in total. The van der Waals surface area contributed by atoms with E-state index in [4.69, 9.17) is 4.74 Å². The summed E-state index contributed by atoms with van der Waals surface area (Å²) in [6.07, 6.45) is 0. The number of amides is 1. The highest BCUT2D eigenvalue weighted by Gasteiger charge is 2.06. The van der Waals surface area contributed by atoms with Crippen LogP contribution in [0.2, 0.25) is 0 Å². The Hall–Kier alpha value is -2.56. The molecule has 0 aliphatic rings. The van der Waals surface area contributed by atoms with Crippen LogP contribution in [-0.4, -0.2) is 19.1 Å². The van der Waals surface area contributed by atoms with Crippen LogP contribution in [0.15, 0.2) is 48.5 Å². The van der Waals surface area contributed by atoms with E-state index in [1.807, 2.05) is 24.3 Å². The molecule has 0 aliphatic heterocycles. The van der Waals surface area contributed by atoms with Crippen LogP contribution in [0.5, 0.6) is 5.75 Å². The molecule has 1 amide bonds. The third-order valence-corrected chi connectivity index (χ3v) is 3.02. The number of carbonyl (C=O) groups excluding carboxylic acids is 1. The molecular weight excluding hydrogens is 295 g/mol. The monoisotopic (exact) mass is 316 g/mol. The molecule has 0 aromatic heterocycles. The molecule has 4 nitrogen and oxygen atoms in total. The van der Waals surface area contributed by atoms with Crippen LogP contribution in [0.4, 0.5) is 15.8 Å². The van der Waals surface area contributed by atoms with Crippen molar-refractivity contribution in [3.8, 4) is 5.75 Å². The lowest BCUT2D eigenvalue weighted by molar-refractivity contribution is -0.114. The minimum absolute atomic E-state index is 0.0436.